The van der Waals surface area contributed by atoms with Gasteiger partial charge in [0.25, 0.3) is 0 Å². The van der Waals surface area contributed by atoms with Crippen molar-refractivity contribution in [2.75, 3.05) is 11.1 Å². The van der Waals surface area contributed by atoms with Gasteiger partial charge in [-0.1, -0.05) is 30.7 Å². The van der Waals surface area contributed by atoms with E-state index in [1.54, 1.807) is 0 Å². The van der Waals surface area contributed by atoms with Crippen LogP contribution in [0.1, 0.15) is 30.5 Å². The highest BCUT2D eigenvalue weighted by Crippen LogP contribution is 2.39. The van der Waals surface area contributed by atoms with Crippen LogP contribution < -0.4 is 5.32 Å². The molecule has 3 rings (SSSR count). The molecule has 3 heteroatoms. The van der Waals surface area contributed by atoms with E-state index in [9.17, 15) is 0 Å². The zero-order valence-electron chi connectivity index (χ0n) is 11.5. The van der Waals surface area contributed by atoms with E-state index in [0.717, 1.165) is 23.6 Å². The molecule has 0 aromatic heterocycles. The number of aryl methyl sites for hydroxylation is 1. The molecule has 1 heterocycles. The average molecular weight is 304 g/mol. The van der Waals surface area contributed by atoms with E-state index >= 15 is 0 Å². The van der Waals surface area contributed by atoms with Gasteiger partial charge in [-0.3, -0.25) is 0 Å². The first-order valence-electron chi connectivity index (χ1n) is 7.04. The van der Waals surface area contributed by atoms with Crippen molar-refractivity contribution in [3.63, 3.8) is 0 Å². The van der Waals surface area contributed by atoms with Crippen LogP contribution in [-0.2, 0) is 6.42 Å². The molecule has 0 saturated heterocycles. The first kappa shape index (κ1) is 13.8. The number of nitrogens with one attached hydrogen (secondary N) is 1. The number of hydrogen-bond donors (Lipinski definition) is 1. The quantitative estimate of drug-likeness (QED) is 0.797. The van der Waals surface area contributed by atoms with Gasteiger partial charge in [0, 0.05) is 21.4 Å². The van der Waals surface area contributed by atoms with Crippen LogP contribution in [0.3, 0.4) is 0 Å². The number of anilines is 1. The Bertz CT molecular complexity index is 594. The lowest BCUT2D eigenvalue weighted by Gasteiger charge is -2.27. The van der Waals surface area contributed by atoms with E-state index in [-0.39, 0.29) is 0 Å². The van der Waals surface area contributed by atoms with E-state index in [0.29, 0.717) is 6.04 Å². The molecule has 2 aromatic carbocycles. The Morgan fingerprint density at radius 3 is 2.75 bits per heavy atom. The zero-order chi connectivity index (χ0) is 13.9. The smallest absolute Gasteiger partial charge is 0.0533 e. The molecule has 104 valence electrons. The second-order valence-corrected chi connectivity index (χ2v) is 6.64. The fourth-order valence-electron chi connectivity index (χ4n) is 2.55. The van der Waals surface area contributed by atoms with Gasteiger partial charge in [-0.05, 0) is 54.3 Å². The largest absolute Gasteiger partial charge is 0.378 e. The van der Waals surface area contributed by atoms with Crippen molar-refractivity contribution in [2.24, 2.45) is 0 Å². The molecule has 0 spiro atoms. The number of hydrogen-bond acceptors (Lipinski definition) is 2. The summed E-state index contributed by atoms with van der Waals surface area (Å²) in [5.74, 6) is 1.15. The predicted molar refractivity (Wildman–Crippen MR) is 89.0 cm³/mol. The van der Waals surface area contributed by atoms with Crippen molar-refractivity contribution in [2.45, 2.75) is 30.7 Å². The summed E-state index contributed by atoms with van der Waals surface area (Å²) < 4.78 is 0. The third-order valence-electron chi connectivity index (χ3n) is 3.71. The number of thioether (sulfide) groups is 1. The molecule has 0 fully saturated rings. The van der Waals surface area contributed by atoms with Crippen LogP contribution in [0.5, 0.6) is 0 Å². The summed E-state index contributed by atoms with van der Waals surface area (Å²) in [6.07, 6.45) is 2.21. The highest BCUT2D eigenvalue weighted by molar-refractivity contribution is 7.99. The summed E-state index contributed by atoms with van der Waals surface area (Å²) in [6.45, 7) is 2.18. The van der Waals surface area contributed by atoms with Crippen molar-refractivity contribution in [3.8, 4) is 0 Å². The first-order chi connectivity index (χ1) is 9.76. The third kappa shape index (κ3) is 2.97. The zero-order valence-corrected chi connectivity index (χ0v) is 13.1. The molecule has 1 nitrogen and oxygen atoms in total. The van der Waals surface area contributed by atoms with E-state index in [1.165, 1.54) is 21.7 Å². The standard InChI is InChI=1S/C17H18ClNS/c1-2-12-3-6-14(7-4-12)19-16-9-10-20-17-8-5-13(18)11-15(16)17/h3-8,11,16,19H,2,9-10H2,1H3. The maximum absolute atomic E-state index is 6.15. The molecular formula is C17H18ClNS. The molecule has 1 aliphatic heterocycles. The summed E-state index contributed by atoms with van der Waals surface area (Å²) in [5, 5.41) is 4.46. The summed E-state index contributed by atoms with van der Waals surface area (Å²) in [6, 6.07) is 15.3. The Balaban J connectivity index is 1.83. The Labute approximate surface area is 129 Å². The van der Waals surface area contributed by atoms with Crippen LogP contribution in [0.4, 0.5) is 5.69 Å². The van der Waals surface area contributed by atoms with Gasteiger partial charge in [0.2, 0.25) is 0 Å². The number of rotatable bonds is 3. The maximum atomic E-state index is 6.15. The lowest BCUT2D eigenvalue weighted by Crippen LogP contribution is -2.16. The Kier molecular flexibility index (Phi) is 4.23. The Morgan fingerprint density at radius 2 is 2.00 bits per heavy atom. The first-order valence-corrected chi connectivity index (χ1v) is 8.40. The maximum Gasteiger partial charge on any atom is 0.0533 e. The van der Waals surface area contributed by atoms with Crippen LogP contribution in [0.2, 0.25) is 5.02 Å². The normalized spacial score (nSPS) is 17.6. The summed E-state index contributed by atoms with van der Waals surface area (Å²) in [7, 11) is 0. The van der Waals surface area contributed by atoms with Gasteiger partial charge < -0.3 is 5.32 Å². The van der Waals surface area contributed by atoms with Gasteiger partial charge in [-0.25, -0.2) is 0 Å². The lowest BCUT2D eigenvalue weighted by atomic mass is 10.0. The molecule has 1 aliphatic rings. The van der Waals surface area contributed by atoms with Gasteiger partial charge in [0.05, 0.1) is 6.04 Å². The van der Waals surface area contributed by atoms with E-state index < -0.39 is 0 Å². The van der Waals surface area contributed by atoms with Crippen molar-refractivity contribution in [1.29, 1.82) is 0 Å². The predicted octanol–water partition coefficient (Wildman–Crippen LogP) is 5.55. The molecule has 0 radical (unpaired) electrons. The molecule has 1 N–H and O–H groups in total. The average Bonchev–Trinajstić information content (AvgIpc) is 2.49. The summed E-state index contributed by atoms with van der Waals surface area (Å²) >= 11 is 8.07. The van der Waals surface area contributed by atoms with Gasteiger partial charge >= 0.3 is 0 Å². The molecule has 20 heavy (non-hydrogen) atoms. The van der Waals surface area contributed by atoms with Crippen LogP contribution >= 0.6 is 23.4 Å². The minimum absolute atomic E-state index is 0.359. The number of benzene rings is 2. The van der Waals surface area contributed by atoms with Crippen molar-refractivity contribution in [1.82, 2.24) is 0 Å². The van der Waals surface area contributed by atoms with Gasteiger partial charge in [0.15, 0.2) is 0 Å². The molecule has 0 saturated carbocycles. The molecule has 1 unspecified atom stereocenters. The molecule has 1 atom stereocenters. The second-order valence-electron chi connectivity index (χ2n) is 5.07. The topological polar surface area (TPSA) is 12.0 Å². The van der Waals surface area contributed by atoms with Crippen LogP contribution in [0.15, 0.2) is 47.4 Å². The second kappa shape index (κ2) is 6.11. The molecular weight excluding hydrogens is 286 g/mol. The minimum atomic E-state index is 0.359. The third-order valence-corrected chi connectivity index (χ3v) is 5.07. The molecule has 0 aliphatic carbocycles. The van der Waals surface area contributed by atoms with E-state index in [4.69, 9.17) is 11.6 Å². The molecule has 0 bridgehead atoms. The van der Waals surface area contributed by atoms with Crippen LogP contribution in [0, 0.1) is 0 Å². The summed E-state index contributed by atoms with van der Waals surface area (Å²) in [5.41, 5.74) is 3.89. The fourth-order valence-corrected chi connectivity index (χ4v) is 3.84. The summed E-state index contributed by atoms with van der Waals surface area (Å²) in [4.78, 5) is 1.35. The Morgan fingerprint density at radius 1 is 1.20 bits per heavy atom. The Hall–Kier alpha value is -1.12. The number of fused-ring (bicyclic) bond motifs is 1. The van der Waals surface area contributed by atoms with E-state index in [2.05, 4.69) is 48.6 Å². The van der Waals surface area contributed by atoms with Crippen molar-refractivity contribution in [3.05, 3.63) is 58.6 Å². The van der Waals surface area contributed by atoms with Gasteiger partial charge in [-0.15, -0.1) is 11.8 Å². The van der Waals surface area contributed by atoms with Gasteiger partial charge in [0.1, 0.15) is 0 Å². The number of halogens is 1. The molecule has 0 amide bonds. The minimum Gasteiger partial charge on any atom is -0.378 e. The van der Waals surface area contributed by atoms with E-state index in [1.807, 2.05) is 17.8 Å². The lowest BCUT2D eigenvalue weighted by molar-refractivity contribution is 0.728. The van der Waals surface area contributed by atoms with Crippen molar-refractivity contribution >= 4 is 29.1 Å². The highest BCUT2D eigenvalue weighted by atomic mass is 35.5. The van der Waals surface area contributed by atoms with Crippen molar-refractivity contribution < 1.29 is 0 Å². The monoisotopic (exact) mass is 303 g/mol. The SMILES string of the molecule is CCc1ccc(NC2CCSc3ccc(Cl)cc32)cc1. The molecule has 2 aromatic rings. The fraction of sp³-hybridized carbons (Fsp3) is 0.294. The highest BCUT2D eigenvalue weighted by Gasteiger charge is 2.20. The van der Waals surface area contributed by atoms with Crippen LogP contribution in [0.25, 0.3) is 0 Å². The van der Waals surface area contributed by atoms with Gasteiger partial charge in [-0.2, -0.15) is 0 Å². The van der Waals surface area contributed by atoms with Crippen LogP contribution in [-0.4, -0.2) is 5.75 Å².